The summed E-state index contributed by atoms with van der Waals surface area (Å²) in [6.45, 7) is 3.34. The molecule has 0 radical (unpaired) electrons. The number of amides is 2. The number of aromatic nitrogens is 2. The summed E-state index contributed by atoms with van der Waals surface area (Å²) >= 11 is 1.29. The van der Waals surface area contributed by atoms with Crippen LogP contribution in [0.1, 0.15) is 24.1 Å². The van der Waals surface area contributed by atoms with Crippen molar-refractivity contribution in [3.63, 3.8) is 0 Å². The van der Waals surface area contributed by atoms with Crippen LogP contribution in [0.4, 0.5) is 5.69 Å². The lowest BCUT2D eigenvalue weighted by Gasteiger charge is -2.32. The molecule has 1 aliphatic rings. The van der Waals surface area contributed by atoms with Crippen LogP contribution in [-0.2, 0) is 23.1 Å². The number of anilines is 1. The number of hydrogen-bond acceptors (Lipinski definition) is 4. The topological polar surface area (TPSA) is 76.3 Å². The molecule has 0 spiro atoms. The van der Waals surface area contributed by atoms with Crippen LogP contribution in [0.5, 0.6) is 0 Å². The number of rotatable bonds is 8. The molecule has 3 aromatic rings. The molecule has 1 fully saturated rings. The molecule has 0 saturated carbocycles. The van der Waals surface area contributed by atoms with Gasteiger partial charge in [-0.05, 0) is 49.8 Å². The maximum Gasteiger partial charge on any atom is 0.295 e. The van der Waals surface area contributed by atoms with Crippen molar-refractivity contribution >= 4 is 29.3 Å². The summed E-state index contributed by atoms with van der Waals surface area (Å²) in [5.74, 6) is 0.779. The highest BCUT2D eigenvalue weighted by molar-refractivity contribution is 8.00. The van der Waals surface area contributed by atoms with Gasteiger partial charge in [-0.2, -0.15) is 0 Å². The minimum absolute atomic E-state index is 0.0725. The Morgan fingerprint density at radius 2 is 1.60 bits per heavy atom. The molecule has 35 heavy (non-hydrogen) atoms. The van der Waals surface area contributed by atoms with Crippen LogP contribution in [-0.4, -0.2) is 50.7 Å². The molecule has 2 aromatic carbocycles. The number of carbonyl (C=O) groups is 2. The second-order valence-electron chi connectivity index (χ2n) is 8.99. The Labute approximate surface area is 210 Å². The van der Waals surface area contributed by atoms with E-state index in [0.717, 1.165) is 38.0 Å². The van der Waals surface area contributed by atoms with E-state index in [0.29, 0.717) is 11.6 Å². The number of para-hydroxylation sites is 1. The maximum absolute atomic E-state index is 12.9. The highest BCUT2D eigenvalue weighted by Crippen LogP contribution is 2.22. The standard InChI is InChI=1S/C27H32N4O3S/c1-20-26(27(34)31(29(20)2)23-11-7-4-8-12-23)28-24(32)18-35-19-25(33)30-15-13-22(14-16-30)17-21-9-5-3-6-10-21/h3-12,22H,13-19H2,1-2H3,(H,28,32). The van der Waals surface area contributed by atoms with E-state index in [1.165, 1.54) is 22.0 Å². The van der Waals surface area contributed by atoms with Gasteiger partial charge < -0.3 is 10.2 Å². The molecule has 1 N–H and O–H groups in total. The summed E-state index contributed by atoms with van der Waals surface area (Å²) in [6, 6.07) is 19.8. The minimum Gasteiger partial charge on any atom is -0.342 e. The van der Waals surface area contributed by atoms with E-state index >= 15 is 0 Å². The Hall–Kier alpha value is -3.26. The van der Waals surface area contributed by atoms with Crippen molar-refractivity contribution in [1.82, 2.24) is 14.3 Å². The first-order valence-electron chi connectivity index (χ1n) is 12.0. The average Bonchev–Trinajstić information content (AvgIpc) is 3.08. The molecule has 0 atom stereocenters. The lowest BCUT2D eigenvalue weighted by atomic mass is 9.90. The average molecular weight is 493 g/mol. The van der Waals surface area contributed by atoms with Crippen molar-refractivity contribution in [2.24, 2.45) is 13.0 Å². The zero-order chi connectivity index (χ0) is 24.8. The third-order valence-electron chi connectivity index (χ3n) is 6.61. The highest BCUT2D eigenvalue weighted by atomic mass is 32.2. The van der Waals surface area contributed by atoms with E-state index in [4.69, 9.17) is 0 Å². The summed E-state index contributed by atoms with van der Waals surface area (Å²) in [4.78, 5) is 40.0. The predicted molar refractivity (Wildman–Crippen MR) is 141 cm³/mol. The predicted octanol–water partition coefficient (Wildman–Crippen LogP) is 3.64. The summed E-state index contributed by atoms with van der Waals surface area (Å²) < 4.78 is 3.26. The SMILES string of the molecule is Cc1c(NC(=O)CSCC(=O)N2CCC(Cc3ccccc3)CC2)c(=O)n(-c2ccccc2)n1C. The van der Waals surface area contributed by atoms with Crippen molar-refractivity contribution in [3.05, 3.63) is 82.3 Å². The first kappa shape index (κ1) is 24.9. The number of hydrogen-bond donors (Lipinski definition) is 1. The molecule has 2 amide bonds. The Balaban J connectivity index is 1.24. The summed E-state index contributed by atoms with van der Waals surface area (Å²) in [7, 11) is 1.79. The van der Waals surface area contributed by atoms with Gasteiger partial charge in [0.05, 0.1) is 22.9 Å². The van der Waals surface area contributed by atoms with Crippen LogP contribution in [0.3, 0.4) is 0 Å². The van der Waals surface area contributed by atoms with Gasteiger partial charge in [-0.25, -0.2) is 4.68 Å². The van der Waals surface area contributed by atoms with Crippen molar-refractivity contribution in [1.29, 1.82) is 0 Å². The Kier molecular flexibility index (Phi) is 8.13. The van der Waals surface area contributed by atoms with Crippen LogP contribution in [0.2, 0.25) is 0 Å². The Morgan fingerprint density at radius 3 is 2.26 bits per heavy atom. The smallest absolute Gasteiger partial charge is 0.295 e. The molecular weight excluding hydrogens is 460 g/mol. The third kappa shape index (κ3) is 6.06. The second-order valence-corrected chi connectivity index (χ2v) is 9.98. The van der Waals surface area contributed by atoms with E-state index in [1.54, 1.807) is 18.7 Å². The van der Waals surface area contributed by atoms with Crippen LogP contribution in [0.15, 0.2) is 65.5 Å². The van der Waals surface area contributed by atoms with Gasteiger partial charge >= 0.3 is 0 Å². The van der Waals surface area contributed by atoms with Crippen molar-refractivity contribution in [2.75, 3.05) is 29.9 Å². The van der Waals surface area contributed by atoms with E-state index in [1.807, 2.05) is 41.3 Å². The molecule has 0 bridgehead atoms. The number of nitrogens with zero attached hydrogens (tertiary/aromatic N) is 3. The summed E-state index contributed by atoms with van der Waals surface area (Å²) in [6.07, 6.45) is 3.07. The van der Waals surface area contributed by atoms with Crippen LogP contribution in [0.25, 0.3) is 5.69 Å². The monoisotopic (exact) mass is 492 g/mol. The minimum atomic E-state index is -0.282. The van der Waals surface area contributed by atoms with Gasteiger partial charge in [0, 0.05) is 20.1 Å². The fourth-order valence-electron chi connectivity index (χ4n) is 4.54. The number of thioether (sulfide) groups is 1. The Morgan fingerprint density at radius 1 is 0.971 bits per heavy atom. The van der Waals surface area contributed by atoms with Gasteiger partial charge in [0.15, 0.2) is 0 Å². The van der Waals surface area contributed by atoms with Crippen LogP contribution < -0.4 is 10.9 Å². The normalized spacial score (nSPS) is 14.2. The van der Waals surface area contributed by atoms with Gasteiger partial charge in [-0.1, -0.05) is 48.5 Å². The molecular formula is C27H32N4O3S. The highest BCUT2D eigenvalue weighted by Gasteiger charge is 2.23. The van der Waals surface area contributed by atoms with Crippen molar-refractivity contribution < 1.29 is 9.59 Å². The molecule has 2 heterocycles. The lowest BCUT2D eigenvalue weighted by Crippen LogP contribution is -2.40. The maximum atomic E-state index is 12.9. The molecule has 1 aromatic heterocycles. The zero-order valence-electron chi connectivity index (χ0n) is 20.3. The molecule has 8 heteroatoms. The van der Waals surface area contributed by atoms with Crippen LogP contribution in [0, 0.1) is 12.8 Å². The van der Waals surface area contributed by atoms with Gasteiger partial charge in [0.2, 0.25) is 11.8 Å². The molecule has 1 saturated heterocycles. The lowest BCUT2D eigenvalue weighted by molar-refractivity contribution is -0.129. The van der Waals surface area contributed by atoms with Crippen molar-refractivity contribution in [2.45, 2.75) is 26.2 Å². The van der Waals surface area contributed by atoms with E-state index < -0.39 is 0 Å². The van der Waals surface area contributed by atoms with Crippen molar-refractivity contribution in [3.8, 4) is 5.69 Å². The molecule has 184 valence electrons. The van der Waals surface area contributed by atoms with E-state index in [-0.39, 0.29) is 34.6 Å². The summed E-state index contributed by atoms with van der Waals surface area (Å²) in [5, 5.41) is 2.75. The number of benzene rings is 2. The first-order chi connectivity index (χ1) is 16.9. The quantitative estimate of drug-likeness (QED) is 0.521. The van der Waals surface area contributed by atoms with E-state index in [2.05, 4.69) is 29.6 Å². The molecule has 7 nitrogen and oxygen atoms in total. The number of likely N-dealkylation sites (tertiary alicyclic amines) is 1. The third-order valence-corrected chi connectivity index (χ3v) is 7.53. The van der Waals surface area contributed by atoms with Crippen LogP contribution >= 0.6 is 11.8 Å². The molecule has 0 aliphatic carbocycles. The molecule has 4 rings (SSSR count). The zero-order valence-corrected chi connectivity index (χ0v) is 21.1. The molecule has 1 aliphatic heterocycles. The fraction of sp³-hybridized carbons (Fsp3) is 0.370. The first-order valence-corrected chi connectivity index (χ1v) is 13.1. The number of piperidine rings is 1. The van der Waals surface area contributed by atoms with Gasteiger partial charge in [0.25, 0.3) is 5.56 Å². The van der Waals surface area contributed by atoms with Gasteiger partial charge in [0.1, 0.15) is 5.69 Å². The molecule has 0 unspecified atom stereocenters. The fourth-order valence-corrected chi connectivity index (χ4v) is 5.26. The summed E-state index contributed by atoms with van der Waals surface area (Å²) in [5.41, 5.74) is 2.75. The number of carbonyl (C=O) groups excluding carboxylic acids is 2. The van der Waals surface area contributed by atoms with Gasteiger partial charge in [-0.3, -0.25) is 19.1 Å². The van der Waals surface area contributed by atoms with E-state index in [9.17, 15) is 14.4 Å². The number of nitrogens with one attached hydrogen (secondary N) is 1. The second kappa shape index (κ2) is 11.4. The largest absolute Gasteiger partial charge is 0.342 e. The Bertz CT molecular complexity index is 1210. The van der Waals surface area contributed by atoms with Gasteiger partial charge in [-0.15, -0.1) is 11.8 Å².